The zero-order valence-corrected chi connectivity index (χ0v) is 18.6. The Morgan fingerprint density at radius 3 is 2.64 bits per heavy atom. The number of nitrogens with zero attached hydrogens (tertiary/aromatic N) is 2. The fourth-order valence-electron chi connectivity index (χ4n) is 2.53. The minimum atomic E-state index is 0. The predicted molar refractivity (Wildman–Crippen MR) is 114 cm³/mol. The number of aromatic nitrogens is 1. The van der Waals surface area contributed by atoms with Crippen molar-refractivity contribution in [2.45, 2.75) is 45.6 Å². The molecule has 2 N–H and O–H groups in total. The summed E-state index contributed by atoms with van der Waals surface area (Å²) in [5.74, 6) is 0.839. The van der Waals surface area contributed by atoms with Crippen molar-refractivity contribution >= 4 is 41.3 Å². The molecule has 0 radical (unpaired) electrons. The van der Waals surface area contributed by atoms with Gasteiger partial charge in [-0.25, -0.2) is 4.98 Å². The molecule has 0 amide bonds. The highest BCUT2D eigenvalue weighted by atomic mass is 127. The molecule has 1 aromatic rings. The van der Waals surface area contributed by atoms with Crippen LogP contribution in [-0.4, -0.2) is 57.0 Å². The molecule has 144 valence electrons. The van der Waals surface area contributed by atoms with E-state index in [0.717, 1.165) is 70.2 Å². The van der Waals surface area contributed by atoms with Crippen molar-refractivity contribution in [2.24, 2.45) is 4.99 Å². The molecule has 0 saturated carbocycles. The fourth-order valence-corrected chi connectivity index (χ4v) is 3.46. The van der Waals surface area contributed by atoms with E-state index in [1.54, 1.807) is 18.4 Å². The van der Waals surface area contributed by atoms with Crippen molar-refractivity contribution in [3.05, 3.63) is 15.6 Å². The zero-order valence-electron chi connectivity index (χ0n) is 15.5. The molecule has 2 heterocycles. The molecule has 8 heteroatoms. The van der Waals surface area contributed by atoms with Crippen LogP contribution in [0.25, 0.3) is 0 Å². The Hall–Kier alpha value is -0.450. The molecule has 1 aliphatic heterocycles. The summed E-state index contributed by atoms with van der Waals surface area (Å²) in [6, 6.07) is 0. The summed E-state index contributed by atoms with van der Waals surface area (Å²) in [5.41, 5.74) is 1.14. The molecule has 0 bridgehead atoms. The topological polar surface area (TPSA) is 67.8 Å². The molecule has 1 fully saturated rings. The molecule has 2 rings (SSSR count). The normalized spacial score (nSPS) is 15.7. The SMILES string of the molecule is CN=C(NCCCOC1CCOCC1)NCCc1nc(C)c(C)s1.I. The molecule has 0 aliphatic carbocycles. The predicted octanol–water partition coefficient (Wildman–Crippen LogP) is 2.67. The molecule has 0 atom stereocenters. The third-order valence-electron chi connectivity index (χ3n) is 4.06. The van der Waals surface area contributed by atoms with Gasteiger partial charge in [0.1, 0.15) is 0 Å². The maximum atomic E-state index is 5.86. The van der Waals surface area contributed by atoms with Crippen molar-refractivity contribution < 1.29 is 9.47 Å². The summed E-state index contributed by atoms with van der Waals surface area (Å²) in [7, 11) is 1.80. The van der Waals surface area contributed by atoms with E-state index in [1.807, 2.05) is 0 Å². The molecule has 6 nitrogen and oxygen atoms in total. The molecular weight excluding hydrogens is 451 g/mol. The van der Waals surface area contributed by atoms with Crippen molar-refractivity contribution in [1.82, 2.24) is 15.6 Å². The largest absolute Gasteiger partial charge is 0.381 e. The third kappa shape index (κ3) is 8.65. The second-order valence-electron chi connectivity index (χ2n) is 5.96. The van der Waals surface area contributed by atoms with Crippen LogP contribution in [0, 0.1) is 13.8 Å². The lowest BCUT2D eigenvalue weighted by Gasteiger charge is -2.22. The van der Waals surface area contributed by atoms with Gasteiger partial charge in [-0.2, -0.15) is 0 Å². The molecule has 1 aromatic heterocycles. The Morgan fingerprint density at radius 1 is 1.28 bits per heavy atom. The van der Waals surface area contributed by atoms with Crippen LogP contribution >= 0.6 is 35.3 Å². The van der Waals surface area contributed by atoms with Crippen molar-refractivity contribution in [3.8, 4) is 0 Å². The lowest BCUT2D eigenvalue weighted by atomic mass is 10.1. The van der Waals surface area contributed by atoms with E-state index >= 15 is 0 Å². The molecule has 1 saturated heterocycles. The van der Waals surface area contributed by atoms with Crippen molar-refractivity contribution in [2.75, 3.05) is 40.0 Å². The molecular formula is C17H31IN4O2S. The van der Waals surface area contributed by atoms with Crippen LogP contribution in [0.3, 0.4) is 0 Å². The Labute approximate surface area is 172 Å². The summed E-state index contributed by atoms with van der Waals surface area (Å²) < 4.78 is 11.2. The average molecular weight is 482 g/mol. The van der Waals surface area contributed by atoms with Gasteiger partial charge in [0.25, 0.3) is 0 Å². The number of hydrogen-bond acceptors (Lipinski definition) is 5. The number of nitrogens with one attached hydrogen (secondary N) is 2. The second-order valence-corrected chi connectivity index (χ2v) is 7.25. The van der Waals surface area contributed by atoms with Crippen LogP contribution in [0.4, 0.5) is 0 Å². The molecule has 1 aliphatic rings. The summed E-state index contributed by atoms with van der Waals surface area (Å²) >= 11 is 1.77. The van der Waals surface area contributed by atoms with E-state index in [1.165, 1.54) is 9.88 Å². The Kier molecular flexibility index (Phi) is 11.6. The first-order chi connectivity index (χ1) is 11.7. The maximum absolute atomic E-state index is 5.86. The summed E-state index contributed by atoms with van der Waals surface area (Å²) in [4.78, 5) is 10.1. The van der Waals surface area contributed by atoms with Crippen LogP contribution in [0.2, 0.25) is 0 Å². The van der Waals surface area contributed by atoms with Gasteiger partial charge in [-0.05, 0) is 33.1 Å². The standard InChI is InChI=1S/C17H30N4O2S.HI/c1-13-14(2)24-16(21-13)5-9-20-17(18-3)19-8-4-10-23-15-6-11-22-12-7-15;/h15H,4-12H2,1-3H3,(H2,18,19,20);1H. The lowest BCUT2D eigenvalue weighted by Crippen LogP contribution is -2.39. The number of aryl methyl sites for hydroxylation is 2. The van der Waals surface area contributed by atoms with Crippen LogP contribution in [0.1, 0.15) is 34.8 Å². The molecule has 25 heavy (non-hydrogen) atoms. The van der Waals surface area contributed by atoms with E-state index < -0.39 is 0 Å². The number of guanidine groups is 1. The Bertz CT molecular complexity index is 499. The fraction of sp³-hybridized carbons (Fsp3) is 0.765. The van der Waals surface area contributed by atoms with E-state index in [4.69, 9.17) is 9.47 Å². The van der Waals surface area contributed by atoms with Gasteiger partial charge in [-0.1, -0.05) is 0 Å². The van der Waals surface area contributed by atoms with E-state index in [0.29, 0.717) is 6.10 Å². The van der Waals surface area contributed by atoms with Gasteiger partial charge < -0.3 is 20.1 Å². The number of hydrogen-bond donors (Lipinski definition) is 2. The van der Waals surface area contributed by atoms with E-state index in [9.17, 15) is 0 Å². The first-order valence-corrected chi connectivity index (χ1v) is 9.57. The van der Waals surface area contributed by atoms with Crippen LogP contribution in [0.15, 0.2) is 4.99 Å². The number of thiazole rings is 1. The summed E-state index contributed by atoms with van der Waals surface area (Å²) in [6.07, 6.45) is 4.32. The van der Waals surface area contributed by atoms with Gasteiger partial charge in [-0.15, -0.1) is 35.3 Å². The minimum Gasteiger partial charge on any atom is -0.381 e. The van der Waals surface area contributed by atoms with Crippen LogP contribution in [0.5, 0.6) is 0 Å². The monoisotopic (exact) mass is 482 g/mol. The Balaban J connectivity index is 0.00000312. The van der Waals surface area contributed by atoms with Crippen molar-refractivity contribution in [3.63, 3.8) is 0 Å². The van der Waals surface area contributed by atoms with Gasteiger partial charge in [0.2, 0.25) is 0 Å². The quantitative estimate of drug-likeness (QED) is 0.258. The van der Waals surface area contributed by atoms with Crippen LogP contribution < -0.4 is 10.6 Å². The lowest BCUT2D eigenvalue weighted by molar-refractivity contribution is -0.0320. The number of ether oxygens (including phenoxy) is 2. The number of rotatable bonds is 8. The number of halogens is 1. The zero-order chi connectivity index (χ0) is 17.2. The molecule has 0 spiro atoms. The second kappa shape index (κ2) is 12.8. The summed E-state index contributed by atoms with van der Waals surface area (Å²) in [6.45, 7) is 8.32. The highest BCUT2D eigenvalue weighted by Crippen LogP contribution is 2.16. The molecule has 0 unspecified atom stereocenters. The number of aliphatic imine (C=N–C) groups is 1. The summed E-state index contributed by atoms with van der Waals surface area (Å²) in [5, 5.41) is 7.84. The van der Waals surface area contributed by atoms with Gasteiger partial charge in [0.05, 0.1) is 16.8 Å². The minimum absolute atomic E-state index is 0. The molecule has 0 aromatic carbocycles. The van der Waals surface area contributed by atoms with Gasteiger partial charge >= 0.3 is 0 Å². The average Bonchev–Trinajstić information content (AvgIpc) is 2.92. The smallest absolute Gasteiger partial charge is 0.190 e. The van der Waals surface area contributed by atoms with Gasteiger partial charge in [0.15, 0.2) is 5.96 Å². The maximum Gasteiger partial charge on any atom is 0.190 e. The van der Waals surface area contributed by atoms with Crippen molar-refractivity contribution in [1.29, 1.82) is 0 Å². The first kappa shape index (κ1) is 22.6. The highest BCUT2D eigenvalue weighted by Gasteiger charge is 2.13. The van der Waals surface area contributed by atoms with Gasteiger partial charge in [-0.3, -0.25) is 4.99 Å². The van der Waals surface area contributed by atoms with E-state index in [2.05, 4.69) is 34.5 Å². The van der Waals surface area contributed by atoms with Gasteiger partial charge in [0, 0.05) is 51.3 Å². The van der Waals surface area contributed by atoms with Crippen LogP contribution in [-0.2, 0) is 15.9 Å². The first-order valence-electron chi connectivity index (χ1n) is 8.76. The third-order valence-corrected chi connectivity index (χ3v) is 5.20. The highest BCUT2D eigenvalue weighted by molar-refractivity contribution is 14.0. The Morgan fingerprint density at radius 2 is 2.00 bits per heavy atom. The van der Waals surface area contributed by atoms with E-state index in [-0.39, 0.29) is 24.0 Å².